The highest BCUT2D eigenvalue weighted by atomic mass is 32.2. The highest BCUT2D eigenvalue weighted by molar-refractivity contribution is 7.89. The Balaban J connectivity index is 2.28. The van der Waals surface area contributed by atoms with E-state index in [1.165, 1.54) is 4.31 Å². The molecule has 1 saturated heterocycles. The normalized spacial score (nSPS) is 25.4. The second-order valence-electron chi connectivity index (χ2n) is 4.50. The van der Waals surface area contributed by atoms with Gasteiger partial charge in [-0.05, 0) is 26.0 Å². The van der Waals surface area contributed by atoms with Crippen molar-refractivity contribution in [3.63, 3.8) is 0 Å². The Kier molecular flexibility index (Phi) is 3.66. The Bertz CT molecular complexity index is 568. The number of carboxylic acid groups (broad SMARTS) is 1. The summed E-state index contributed by atoms with van der Waals surface area (Å²) in [4.78, 5) is 10.7. The van der Waals surface area contributed by atoms with Crippen molar-refractivity contribution >= 4 is 16.0 Å². The molecule has 1 aromatic heterocycles. The summed E-state index contributed by atoms with van der Waals surface area (Å²) in [6.45, 7) is 4.00. The number of nitrogens with zero attached hydrogens (tertiary/aromatic N) is 1. The summed E-state index contributed by atoms with van der Waals surface area (Å²) in [6, 6.07) is 2.28. The van der Waals surface area contributed by atoms with E-state index in [1.807, 2.05) is 0 Å². The molecule has 8 heteroatoms. The van der Waals surface area contributed by atoms with Crippen molar-refractivity contribution in [3.8, 4) is 0 Å². The van der Waals surface area contributed by atoms with Crippen LogP contribution in [0.5, 0.6) is 0 Å². The second kappa shape index (κ2) is 4.95. The summed E-state index contributed by atoms with van der Waals surface area (Å²) >= 11 is 0. The molecule has 0 aliphatic carbocycles. The molecule has 0 aromatic carbocycles. The third-order valence-corrected chi connectivity index (χ3v) is 4.48. The lowest BCUT2D eigenvalue weighted by molar-refractivity contribution is -0.0443. The van der Waals surface area contributed by atoms with Gasteiger partial charge in [-0.2, -0.15) is 4.31 Å². The van der Waals surface area contributed by atoms with E-state index in [9.17, 15) is 13.2 Å². The number of hydrogen-bond acceptors (Lipinski definition) is 5. The van der Waals surface area contributed by atoms with Crippen LogP contribution in [0.1, 0.15) is 24.4 Å². The minimum atomic E-state index is -3.82. The maximum absolute atomic E-state index is 12.3. The molecule has 1 N–H and O–H groups in total. The van der Waals surface area contributed by atoms with Gasteiger partial charge < -0.3 is 14.3 Å². The quantitative estimate of drug-likeness (QED) is 0.883. The van der Waals surface area contributed by atoms with Crippen molar-refractivity contribution in [1.82, 2.24) is 4.31 Å². The zero-order valence-electron chi connectivity index (χ0n) is 10.6. The fraction of sp³-hybridized carbons (Fsp3) is 0.545. The molecule has 0 bridgehead atoms. The zero-order valence-corrected chi connectivity index (χ0v) is 11.4. The highest BCUT2D eigenvalue weighted by Crippen LogP contribution is 2.22. The average Bonchev–Trinajstić information content (AvgIpc) is 2.77. The summed E-state index contributed by atoms with van der Waals surface area (Å²) in [5.41, 5.74) is 0. The predicted octanol–water partition coefficient (Wildman–Crippen LogP) is 0.776. The lowest BCUT2D eigenvalue weighted by Crippen LogP contribution is -2.47. The number of aromatic carboxylic acids is 1. The van der Waals surface area contributed by atoms with Crippen LogP contribution in [0.2, 0.25) is 0 Å². The highest BCUT2D eigenvalue weighted by Gasteiger charge is 2.34. The van der Waals surface area contributed by atoms with Gasteiger partial charge in [0.05, 0.1) is 12.2 Å². The molecule has 1 aromatic rings. The smallest absolute Gasteiger partial charge is 0.371 e. The van der Waals surface area contributed by atoms with Crippen LogP contribution < -0.4 is 0 Å². The first-order chi connectivity index (χ1) is 8.80. The van der Waals surface area contributed by atoms with E-state index >= 15 is 0 Å². The number of carboxylic acids is 1. The second-order valence-corrected chi connectivity index (χ2v) is 6.37. The van der Waals surface area contributed by atoms with Crippen LogP contribution in [0.3, 0.4) is 0 Å². The van der Waals surface area contributed by atoms with Gasteiger partial charge in [0.25, 0.3) is 10.0 Å². The molecular weight excluding hydrogens is 274 g/mol. The average molecular weight is 289 g/mol. The summed E-state index contributed by atoms with van der Waals surface area (Å²) in [6.07, 6.45) is -0.431. The number of sulfonamides is 1. The molecule has 1 aliphatic rings. The molecule has 2 rings (SSSR count). The maximum Gasteiger partial charge on any atom is 0.371 e. The van der Waals surface area contributed by atoms with Gasteiger partial charge in [0.2, 0.25) is 10.9 Å². The first-order valence-corrected chi connectivity index (χ1v) is 7.23. The summed E-state index contributed by atoms with van der Waals surface area (Å²) < 4.78 is 36.2. The van der Waals surface area contributed by atoms with Crippen LogP contribution in [0.15, 0.2) is 21.6 Å². The molecule has 0 spiro atoms. The molecule has 2 atom stereocenters. The molecule has 1 fully saturated rings. The first kappa shape index (κ1) is 14.0. The monoisotopic (exact) mass is 289 g/mol. The van der Waals surface area contributed by atoms with Gasteiger partial charge in [-0.25, -0.2) is 13.2 Å². The molecule has 2 heterocycles. The van der Waals surface area contributed by atoms with Crippen molar-refractivity contribution in [2.75, 3.05) is 13.1 Å². The van der Waals surface area contributed by atoms with Crippen molar-refractivity contribution in [3.05, 3.63) is 17.9 Å². The van der Waals surface area contributed by atoms with Gasteiger partial charge in [-0.3, -0.25) is 0 Å². The Labute approximate surface area is 110 Å². The Morgan fingerprint density at radius 2 is 1.89 bits per heavy atom. The van der Waals surface area contributed by atoms with Gasteiger partial charge in [0.15, 0.2) is 0 Å². The Morgan fingerprint density at radius 3 is 2.37 bits per heavy atom. The standard InChI is InChI=1S/C11H15NO6S/c1-7-5-12(6-8(2)17-7)19(15,16)10-4-3-9(18-10)11(13)14/h3-4,7-8H,5-6H2,1-2H3,(H,13,14)/t7-,8+. The van der Waals surface area contributed by atoms with Gasteiger partial charge in [0, 0.05) is 13.1 Å². The third-order valence-electron chi connectivity index (χ3n) is 2.77. The largest absolute Gasteiger partial charge is 0.475 e. The molecule has 19 heavy (non-hydrogen) atoms. The predicted molar refractivity (Wildman–Crippen MR) is 64.4 cm³/mol. The number of hydrogen-bond donors (Lipinski definition) is 1. The molecular formula is C11H15NO6S. The fourth-order valence-corrected chi connectivity index (χ4v) is 3.53. The minimum Gasteiger partial charge on any atom is -0.475 e. The summed E-state index contributed by atoms with van der Waals surface area (Å²) in [7, 11) is -3.82. The zero-order chi connectivity index (χ0) is 14.2. The van der Waals surface area contributed by atoms with E-state index in [1.54, 1.807) is 13.8 Å². The SMILES string of the molecule is C[C@@H]1CN(S(=O)(=O)c2ccc(C(=O)O)o2)C[C@H](C)O1. The van der Waals surface area contributed by atoms with Crippen molar-refractivity contribution < 1.29 is 27.5 Å². The van der Waals surface area contributed by atoms with Gasteiger partial charge in [-0.15, -0.1) is 0 Å². The summed E-state index contributed by atoms with van der Waals surface area (Å²) in [5.74, 6) is -1.70. The van der Waals surface area contributed by atoms with Gasteiger partial charge >= 0.3 is 5.97 Å². The first-order valence-electron chi connectivity index (χ1n) is 5.79. The van der Waals surface area contributed by atoms with Gasteiger partial charge in [-0.1, -0.05) is 0 Å². The third kappa shape index (κ3) is 2.80. The van der Waals surface area contributed by atoms with Crippen molar-refractivity contribution in [2.45, 2.75) is 31.1 Å². The van der Waals surface area contributed by atoms with E-state index in [4.69, 9.17) is 14.3 Å². The van der Waals surface area contributed by atoms with E-state index in [0.29, 0.717) is 0 Å². The van der Waals surface area contributed by atoms with Crippen LogP contribution in [-0.2, 0) is 14.8 Å². The number of carbonyl (C=O) groups is 1. The van der Waals surface area contributed by atoms with E-state index in [-0.39, 0.29) is 30.4 Å². The van der Waals surface area contributed by atoms with E-state index in [0.717, 1.165) is 12.1 Å². The molecule has 7 nitrogen and oxygen atoms in total. The van der Waals surface area contributed by atoms with Crippen LogP contribution >= 0.6 is 0 Å². The van der Waals surface area contributed by atoms with E-state index < -0.39 is 21.8 Å². The number of morpholine rings is 1. The van der Waals surface area contributed by atoms with Crippen molar-refractivity contribution in [2.24, 2.45) is 0 Å². The minimum absolute atomic E-state index is 0.215. The number of ether oxygens (including phenoxy) is 1. The lowest BCUT2D eigenvalue weighted by atomic mass is 10.3. The van der Waals surface area contributed by atoms with Gasteiger partial charge in [0.1, 0.15) is 0 Å². The molecule has 0 unspecified atom stereocenters. The maximum atomic E-state index is 12.3. The molecule has 1 aliphatic heterocycles. The van der Waals surface area contributed by atoms with Crippen LogP contribution in [-0.4, -0.2) is 49.1 Å². The topological polar surface area (TPSA) is 97.1 Å². The van der Waals surface area contributed by atoms with Crippen LogP contribution in [0.4, 0.5) is 0 Å². The molecule has 106 valence electrons. The fourth-order valence-electron chi connectivity index (χ4n) is 2.03. The molecule has 0 radical (unpaired) electrons. The Morgan fingerprint density at radius 1 is 1.32 bits per heavy atom. The molecule has 0 saturated carbocycles. The van der Waals surface area contributed by atoms with Crippen molar-refractivity contribution in [1.29, 1.82) is 0 Å². The number of furan rings is 1. The Hall–Kier alpha value is -1.38. The molecule has 0 amide bonds. The van der Waals surface area contributed by atoms with Crippen LogP contribution in [0.25, 0.3) is 0 Å². The lowest BCUT2D eigenvalue weighted by Gasteiger charge is -2.33. The van der Waals surface area contributed by atoms with E-state index in [2.05, 4.69) is 0 Å². The van der Waals surface area contributed by atoms with Crippen LogP contribution in [0, 0.1) is 0 Å². The summed E-state index contributed by atoms with van der Waals surface area (Å²) in [5, 5.41) is 8.38. The number of rotatable bonds is 3.